The summed E-state index contributed by atoms with van der Waals surface area (Å²) in [5.41, 5.74) is -1.28. The van der Waals surface area contributed by atoms with Crippen LogP contribution >= 0.6 is 11.3 Å². The molecule has 0 aliphatic heterocycles. The molecule has 2 aromatic heterocycles. The maximum Gasteiger partial charge on any atom is 0.449 e. The minimum Gasteiger partial charge on any atom is -0.353 e. The van der Waals surface area contributed by atoms with Crippen molar-refractivity contribution >= 4 is 11.3 Å². The molecule has 0 aliphatic rings. The van der Waals surface area contributed by atoms with E-state index in [0.29, 0.717) is 5.08 Å². The van der Waals surface area contributed by atoms with Gasteiger partial charge in [0.1, 0.15) is 11.7 Å². The monoisotopic (exact) mass is 215 g/mol. The summed E-state index contributed by atoms with van der Waals surface area (Å²) in [7, 11) is 0. The number of hydrogen-bond donors (Lipinski definition) is 0. The van der Waals surface area contributed by atoms with Crippen LogP contribution < -0.4 is 16.1 Å². The number of aromatic nitrogens is 1. The maximum absolute atomic E-state index is 10.5. The molecule has 74 valence electrons. The topological polar surface area (TPSA) is 74.6 Å². The minimum absolute atomic E-state index is 0.171. The van der Waals surface area contributed by atoms with Gasteiger partial charge in [-0.1, -0.05) is 0 Å². The summed E-state index contributed by atoms with van der Waals surface area (Å²) < 4.78 is 8.55. The fraction of sp³-hybridized carbons (Fsp3) is 0.143. The predicted octanol–water partition coefficient (Wildman–Crippen LogP) is 0.0848. The number of thiophene rings is 1. The first kappa shape index (κ1) is 8.82. The van der Waals surface area contributed by atoms with E-state index in [-0.39, 0.29) is 6.61 Å². The fourth-order valence-electron chi connectivity index (χ4n) is 0.783. The van der Waals surface area contributed by atoms with Crippen molar-refractivity contribution in [1.29, 1.82) is 0 Å². The zero-order valence-corrected chi connectivity index (χ0v) is 7.65. The van der Waals surface area contributed by atoms with Crippen molar-refractivity contribution in [1.82, 2.24) is 5.08 Å². The molecule has 2 heterocycles. The van der Waals surface area contributed by atoms with Gasteiger partial charge in [-0.3, -0.25) is 9.05 Å². The second kappa shape index (κ2) is 3.54. The summed E-state index contributed by atoms with van der Waals surface area (Å²) in [6, 6.07) is 1.84. The highest BCUT2D eigenvalue weighted by Crippen LogP contribution is 2.05. The van der Waals surface area contributed by atoms with Crippen molar-refractivity contribution in [3.63, 3.8) is 0 Å². The van der Waals surface area contributed by atoms with E-state index in [4.69, 9.17) is 4.84 Å². The van der Waals surface area contributed by atoms with Crippen LogP contribution in [0.5, 0.6) is 0 Å². The molecule has 0 fully saturated rings. The second-order valence-corrected chi connectivity index (χ2v) is 3.17. The van der Waals surface area contributed by atoms with E-state index in [1.54, 1.807) is 0 Å². The van der Waals surface area contributed by atoms with Gasteiger partial charge in [0.15, 0.2) is 0 Å². The van der Waals surface area contributed by atoms with Gasteiger partial charge in [-0.15, -0.1) is 0 Å². The van der Waals surface area contributed by atoms with Crippen molar-refractivity contribution in [2.45, 2.75) is 6.61 Å². The highest BCUT2D eigenvalue weighted by Gasteiger charge is 2.05. The zero-order chi connectivity index (χ0) is 9.97. The van der Waals surface area contributed by atoms with Crippen LogP contribution in [-0.2, 0) is 6.61 Å². The summed E-state index contributed by atoms with van der Waals surface area (Å²) in [4.78, 5) is 25.9. The van der Waals surface area contributed by atoms with Gasteiger partial charge in [-0.05, 0) is 16.8 Å². The standard InChI is InChI=1S/C7H5NO5S/c9-6-7(10)13-8(12-6)11-3-5-1-2-14-4-5/h1-2,4H,3H2. The van der Waals surface area contributed by atoms with Crippen LogP contribution in [0.4, 0.5) is 0 Å². The van der Waals surface area contributed by atoms with Crippen LogP contribution in [0.3, 0.4) is 0 Å². The lowest BCUT2D eigenvalue weighted by molar-refractivity contribution is -0.152. The van der Waals surface area contributed by atoms with Crippen molar-refractivity contribution < 1.29 is 13.9 Å². The third-order valence-electron chi connectivity index (χ3n) is 1.40. The Kier molecular flexibility index (Phi) is 2.23. The summed E-state index contributed by atoms with van der Waals surface area (Å²) in [5, 5.41) is 4.14. The van der Waals surface area contributed by atoms with E-state index >= 15 is 0 Å². The van der Waals surface area contributed by atoms with Gasteiger partial charge in [0.2, 0.25) is 0 Å². The number of rotatable bonds is 3. The molecule has 14 heavy (non-hydrogen) atoms. The largest absolute Gasteiger partial charge is 0.449 e. The SMILES string of the molecule is O=c1on(OCc2ccsc2)oc1=O. The minimum atomic E-state index is -1.09. The highest BCUT2D eigenvalue weighted by atomic mass is 32.1. The molecule has 0 spiro atoms. The molecule has 2 aromatic rings. The molecule has 0 aromatic carbocycles. The molecule has 0 atom stereocenters. The molecular weight excluding hydrogens is 210 g/mol. The summed E-state index contributed by atoms with van der Waals surface area (Å²) in [5.74, 6) is 0. The Morgan fingerprint density at radius 3 is 2.64 bits per heavy atom. The molecule has 0 amide bonds. The Hall–Kier alpha value is -1.76. The van der Waals surface area contributed by atoms with Gasteiger partial charge in [0.25, 0.3) is 0 Å². The second-order valence-electron chi connectivity index (χ2n) is 2.39. The number of nitrogens with zero attached hydrogens (tertiary/aromatic N) is 1. The van der Waals surface area contributed by atoms with Crippen molar-refractivity contribution in [2.24, 2.45) is 0 Å². The molecule has 0 unspecified atom stereocenters. The number of hydrogen-bond acceptors (Lipinski definition) is 6. The van der Waals surface area contributed by atoms with E-state index in [9.17, 15) is 9.59 Å². The highest BCUT2D eigenvalue weighted by molar-refractivity contribution is 7.07. The molecule has 2 rings (SSSR count). The van der Waals surface area contributed by atoms with Crippen LogP contribution in [0.2, 0.25) is 0 Å². The van der Waals surface area contributed by atoms with E-state index in [1.807, 2.05) is 16.8 Å². The van der Waals surface area contributed by atoms with Gasteiger partial charge in [0, 0.05) is 5.56 Å². The third kappa shape index (κ3) is 1.77. The van der Waals surface area contributed by atoms with Crippen LogP contribution in [0.25, 0.3) is 0 Å². The van der Waals surface area contributed by atoms with Gasteiger partial charge in [-0.25, -0.2) is 9.59 Å². The summed E-state index contributed by atoms with van der Waals surface area (Å²) >= 11 is 1.51. The van der Waals surface area contributed by atoms with Crippen LogP contribution in [0.1, 0.15) is 5.56 Å². The predicted molar refractivity (Wildman–Crippen MR) is 46.1 cm³/mol. The molecule has 0 bridgehead atoms. The van der Waals surface area contributed by atoms with Crippen LogP contribution in [-0.4, -0.2) is 5.08 Å². The van der Waals surface area contributed by atoms with E-state index in [1.165, 1.54) is 11.3 Å². The Labute approximate surface area is 80.8 Å². The van der Waals surface area contributed by atoms with Crippen LogP contribution in [0, 0.1) is 0 Å². The first-order valence-corrected chi connectivity index (χ1v) is 4.58. The van der Waals surface area contributed by atoms with Crippen molar-refractivity contribution in [3.8, 4) is 0 Å². The molecule has 0 saturated carbocycles. The third-order valence-corrected chi connectivity index (χ3v) is 2.13. The van der Waals surface area contributed by atoms with Gasteiger partial charge < -0.3 is 4.84 Å². The lowest BCUT2D eigenvalue weighted by atomic mass is 10.4. The van der Waals surface area contributed by atoms with Gasteiger partial charge >= 0.3 is 11.3 Å². The zero-order valence-electron chi connectivity index (χ0n) is 6.84. The van der Waals surface area contributed by atoms with E-state index in [2.05, 4.69) is 9.05 Å². The van der Waals surface area contributed by atoms with Gasteiger partial charge in [-0.2, -0.15) is 11.3 Å². The molecule has 0 radical (unpaired) electrons. The van der Waals surface area contributed by atoms with Gasteiger partial charge in [0.05, 0.1) is 0 Å². The fourth-order valence-corrected chi connectivity index (χ4v) is 1.44. The normalized spacial score (nSPS) is 10.3. The molecule has 7 heteroatoms. The lowest BCUT2D eigenvalue weighted by Crippen LogP contribution is -2.14. The first-order chi connectivity index (χ1) is 6.75. The Morgan fingerprint density at radius 1 is 1.36 bits per heavy atom. The molecule has 0 saturated heterocycles. The van der Waals surface area contributed by atoms with E-state index < -0.39 is 11.3 Å². The average molecular weight is 215 g/mol. The maximum atomic E-state index is 10.5. The Balaban J connectivity index is 2.05. The molecule has 6 nitrogen and oxygen atoms in total. The Morgan fingerprint density at radius 2 is 2.07 bits per heavy atom. The van der Waals surface area contributed by atoms with Crippen molar-refractivity contribution in [3.05, 3.63) is 43.2 Å². The van der Waals surface area contributed by atoms with Crippen molar-refractivity contribution in [2.75, 3.05) is 0 Å². The first-order valence-electron chi connectivity index (χ1n) is 3.64. The average Bonchev–Trinajstić information content (AvgIpc) is 2.74. The quantitative estimate of drug-likeness (QED) is 0.678. The summed E-state index contributed by atoms with van der Waals surface area (Å²) in [6.45, 7) is 0.171. The Bertz CT molecular complexity index is 477. The smallest absolute Gasteiger partial charge is 0.353 e. The molecule has 0 aliphatic carbocycles. The lowest BCUT2D eigenvalue weighted by Gasteiger charge is -1.97. The van der Waals surface area contributed by atoms with Crippen LogP contribution in [0.15, 0.2) is 35.5 Å². The molecular formula is C7H5NO5S. The summed E-state index contributed by atoms with van der Waals surface area (Å²) in [6.07, 6.45) is 0. The van der Waals surface area contributed by atoms with E-state index in [0.717, 1.165) is 5.56 Å². The molecule has 0 N–H and O–H groups in total.